The van der Waals surface area contributed by atoms with Crippen LogP contribution in [0, 0.1) is 0 Å². The zero-order valence-electron chi connectivity index (χ0n) is 7.71. The van der Waals surface area contributed by atoms with E-state index in [9.17, 15) is 0 Å². The molecule has 2 radical (unpaired) electrons. The maximum absolute atomic E-state index is 5.56. The van der Waals surface area contributed by atoms with Gasteiger partial charge in [0.05, 0.1) is 4.46 Å². The predicted octanol–water partition coefficient (Wildman–Crippen LogP) is 1.38. The van der Waals surface area contributed by atoms with Crippen molar-refractivity contribution in [2.45, 2.75) is 4.46 Å². The number of hydrogen-bond donors (Lipinski definition) is 0. The van der Waals surface area contributed by atoms with Crippen LogP contribution in [0.2, 0.25) is 0 Å². The molecule has 0 amide bonds. The van der Waals surface area contributed by atoms with Crippen LogP contribution in [0.5, 0.6) is 0 Å². The van der Waals surface area contributed by atoms with Gasteiger partial charge in [0.1, 0.15) is 9.52 Å². The lowest BCUT2D eigenvalue weighted by Crippen LogP contribution is -2.41. The minimum absolute atomic E-state index is 0.316. The maximum Gasteiger partial charge on any atom is 0.528 e. The Morgan fingerprint density at radius 1 is 1.15 bits per heavy atom. The molecule has 0 unspecified atom stereocenters. The Bertz CT molecular complexity index is 154. The van der Waals surface area contributed by atoms with Gasteiger partial charge < -0.3 is 13.3 Å². The molecule has 0 saturated carbocycles. The van der Waals surface area contributed by atoms with Crippen molar-refractivity contribution in [2.24, 2.45) is 0 Å². The second-order valence-electron chi connectivity index (χ2n) is 2.02. The van der Waals surface area contributed by atoms with E-state index in [1.54, 1.807) is 27.0 Å². The third-order valence-electron chi connectivity index (χ3n) is 1.36. The van der Waals surface area contributed by atoms with Crippen LogP contribution in [-0.2, 0) is 13.3 Å². The average Bonchev–Trinajstić information content (AvgIpc) is 2.13. The Labute approximate surface area is 92.1 Å². The molecule has 0 bridgehead atoms. The molecule has 0 aromatic heterocycles. The number of rotatable bonds is 6. The van der Waals surface area contributed by atoms with Crippen LogP contribution in [0.4, 0.5) is 0 Å². The normalized spacial score (nSPS) is 13.1. The summed E-state index contributed by atoms with van der Waals surface area (Å²) < 4.78 is 15.1. The molecule has 0 saturated heterocycles. The summed E-state index contributed by atoms with van der Waals surface area (Å²) in [5, 5.41) is 0. The molecule has 0 rings (SSSR count). The summed E-state index contributed by atoms with van der Waals surface area (Å²) in [4.78, 5) is 0. The maximum atomic E-state index is 5.56. The Hall–Kier alpha value is 0.634. The molecule has 7 heteroatoms. The summed E-state index contributed by atoms with van der Waals surface area (Å²) in [6.45, 7) is 0. The van der Waals surface area contributed by atoms with Gasteiger partial charge in [0.2, 0.25) is 0 Å². The van der Waals surface area contributed by atoms with E-state index in [1.807, 2.05) is 5.70 Å². The van der Waals surface area contributed by atoms with Gasteiger partial charge in [0.15, 0.2) is 0 Å². The highest BCUT2D eigenvalue weighted by molar-refractivity contribution is 6.73. The molecule has 0 fully saturated rings. The zero-order chi connectivity index (χ0) is 10.3. The smallest absolute Gasteiger partial charge is 0.374 e. The lowest BCUT2D eigenvalue weighted by atomic mass is 11.2. The largest absolute Gasteiger partial charge is 0.528 e. The molecule has 13 heavy (non-hydrogen) atoms. The van der Waals surface area contributed by atoms with Crippen molar-refractivity contribution in [3.63, 3.8) is 0 Å². The Kier molecular flexibility index (Phi) is 7.34. The fourth-order valence-corrected chi connectivity index (χ4v) is 3.37. The van der Waals surface area contributed by atoms with E-state index in [1.165, 1.54) is 0 Å². The molecule has 0 aliphatic heterocycles. The topological polar surface area (TPSA) is 27.7 Å². The van der Waals surface area contributed by atoms with Gasteiger partial charge in [-0.2, -0.15) is 0 Å². The van der Waals surface area contributed by atoms with Crippen LogP contribution in [0.15, 0.2) is 11.4 Å². The molecule has 0 N–H and O–H groups in total. The first-order chi connectivity index (χ1) is 6.10. The minimum atomic E-state index is -2.58. The number of halogens is 2. The Balaban J connectivity index is 4.15. The summed E-state index contributed by atoms with van der Waals surface area (Å²) >= 11 is 11.1. The quantitative estimate of drug-likeness (QED) is 0.533. The first kappa shape index (κ1) is 13.6. The highest BCUT2D eigenvalue weighted by atomic mass is 35.5. The molecular formula is C6H12Cl2O3Si2. The van der Waals surface area contributed by atoms with Crippen LogP contribution in [0.3, 0.4) is 0 Å². The van der Waals surface area contributed by atoms with Crippen molar-refractivity contribution in [1.29, 1.82) is 0 Å². The van der Waals surface area contributed by atoms with Gasteiger partial charge in [0, 0.05) is 21.3 Å². The Morgan fingerprint density at radius 2 is 1.62 bits per heavy atom. The van der Waals surface area contributed by atoms with Crippen LogP contribution < -0.4 is 0 Å². The van der Waals surface area contributed by atoms with Gasteiger partial charge in [-0.05, 0) is 5.70 Å². The molecule has 0 aliphatic carbocycles. The summed E-state index contributed by atoms with van der Waals surface area (Å²) in [7, 11) is 2.38. The summed E-state index contributed by atoms with van der Waals surface area (Å²) in [5.74, 6) is 0. The van der Waals surface area contributed by atoms with E-state index < -0.39 is 8.80 Å². The SMILES string of the molecule is CO[Si](C=C[Si]C(Cl)Cl)(OC)OC. The molecular weight excluding hydrogens is 247 g/mol. The average molecular weight is 259 g/mol. The molecule has 0 aromatic carbocycles. The van der Waals surface area contributed by atoms with E-state index in [4.69, 9.17) is 36.5 Å². The lowest BCUT2D eigenvalue weighted by Gasteiger charge is -2.20. The molecule has 76 valence electrons. The molecule has 0 spiro atoms. The lowest BCUT2D eigenvalue weighted by molar-refractivity contribution is 0.138. The van der Waals surface area contributed by atoms with E-state index in [-0.39, 0.29) is 4.46 Å². The predicted molar refractivity (Wildman–Crippen MR) is 57.2 cm³/mol. The molecule has 0 aromatic rings. The van der Waals surface area contributed by atoms with Crippen LogP contribution in [-0.4, -0.2) is 44.1 Å². The monoisotopic (exact) mass is 258 g/mol. The fraction of sp³-hybridized carbons (Fsp3) is 0.667. The van der Waals surface area contributed by atoms with Crippen molar-refractivity contribution in [3.8, 4) is 0 Å². The van der Waals surface area contributed by atoms with E-state index in [0.717, 1.165) is 0 Å². The van der Waals surface area contributed by atoms with Gasteiger partial charge in [0.25, 0.3) is 0 Å². The minimum Gasteiger partial charge on any atom is -0.374 e. The van der Waals surface area contributed by atoms with Crippen molar-refractivity contribution in [2.75, 3.05) is 21.3 Å². The van der Waals surface area contributed by atoms with Gasteiger partial charge in [-0.1, -0.05) is 5.70 Å². The van der Waals surface area contributed by atoms with Crippen LogP contribution in [0.25, 0.3) is 0 Å². The highest BCUT2D eigenvalue weighted by Gasteiger charge is 2.34. The first-order valence-corrected chi connectivity index (χ1v) is 7.30. The Morgan fingerprint density at radius 3 is 1.92 bits per heavy atom. The first-order valence-electron chi connectivity index (χ1n) is 3.47. The van der Waals surface area contributed by atoms with E-state index in [2.05, 4.69) is 0 Å². The van der Waals surface area contributed by atoms with Crippen molar-refractivity contribution in [1.82, 2.24) is 0 Å². The van der Waals surface area contributed by atoms with Crippen molar-refractivity contribution in [3.05, 3.63) is 11.4 Å². The second-order valence-corrected chi connectivity index (χ2v) is 7.85. The molecule has 0 atom stereocenters. The van der Waals surface area contributed by atoms with E-state index >= 15 is 0 Å². The third-order valence-corrected chi connectivity index (χ3v) is 5.35. The standard InChI is InChI=1S/C6H12Cl2O3Si2/c1-9-13(10-2,11-3)5-4-12-6(7)8/h4-6H,1-3H3. The number of hydrogen-bond acceptors (Lipinski definition) is 3. The summed E-state index contributed by atoms with van der Waals surface area (Å²) in [6.07, 6.45) is 0. The summed E-state index contributed by atoms with van der Waals surface area (Å²) in [6, 6.07) is 0. The van der Waals surface area contributed by atoms with Crippen molar-refractivity contribution >= 4 is 41.5 Å². The van der Waals surface area contributed by atoms with Crippen LogP contribution >= 0.6 is 23.2 Å². The molecule has 3 nitrogen and oxygen atoms in total. The molecule has 0 aliphatic rings. The summed E-state index contributed by atoms with van der Waals surface area (Å²) in [5.41, 5.74) is 3.59. The second kappa shape index (κ2) is 7.00. The van der Waals surface area contributed by atoms with Gasteiger partial charge >= 0.3 is 8.80 Å². The van der Waals surface area contributed by atoms with Crippen molar-refractivity contribution < 1.29 is 13.3 Å². The van der Waals surface area contributed by atoms with Gasteiger partial charge in [-0.15, -0.1) is 23.2 Å². The molecule has 0 heterocycles. The highest BCUT2D eigenvalue weighted by Crippen LogP contribution is 2.08. The fourth-order valence-electron chi connectivity index (χ4n) is 0.677. The van der Waals surface area contributed by atoms with Gasteiger partial charge in [-0.25, -0.2) is 0 Å². The third kappa shape index (κ3) is 5.16. The zero-order valence-corrected chi connectivity index (χ0v) is 11.2. The van der Waals surface area contributed by atoms with Gasteiger partial charge in [-0.3, -0.25) is 0 Å². The van der Waals surface area contributed by atoms with Crippen LogP contribution in [0.1, 0.15) is 0 Å². The number of alkyl halides is 2. The van der Waals surface area contributed by atoms with E-state index in [0.29, 0.717) is 9.52 Å².